The summed E-state index contributed by atoms with van der Waals surface area (Å²) in [5.74, 6) is 0.0141. The van der Waals surface area contributed by atoms with Crippen LogP contribution < -0.4 is 4.90 Å². The standard InChI is InChI=1S/C20H25N5O2S/c1-15-5-3-4-6-16(15)14-24-11-12-25(20(24)27)19-21-13-17(28-19)18(26)23-9-7-22(2)8-10-23/h3-6,13H,7-12,14H2,1-2H3. The van der Waals surface area contributed by atoms with Crippen molar-refractivity contribution in [3.63, 3.8) is 0 Å². The Morgan fingerprint density at radius 3 is 2.61 bits per heavy atom. The summed E-state index contributed by atoms with van der Waals surface area (Å²) in [6.45, 7) is 7.15. The molecule has 148 valence electrons. The quantitative estimate of drug-likeness (QED) is 0.792. The summed E-state index contributed by atoms with van der Waals surface area (Å²) in [6.07, 6.45) is 1.61. The third-order valence-corrected chi connectivity index (χ3v) is 6.45. The van der Waals surface area contributed by atoms with Crippen LogP contribution in [0.15, 0.2) is 30.5 Å². The first-order valence-corrected chi connectivity index (χ1v) is 10.4. The van der Waals surface area contributed by atoms with E-state index in [0.717, 1.165) is 31.7 Å². The van der Waals surface area contributed by atoms with Gasteiger partial charge in [0.25, 0.3) is 5.91 Å². The van der Waals surface area contributed by atoms with Crippen LogP contribution in [0.4, 0.5) is 9.93 Å². The molecule has 0 aliphatic carbocycles. The zero-order valence-corrected chi connectivity index (χ0v) is 17.1. The summed E-state index contributed by atoms with van der Waals surface area (Å²) in [7, 11) is 2.06. The summed E-state index contributed by atoms with van der Waals surface area (Å²) in [5, 5.41) is 0.606. The molecule has 2 aliphatic rings. The van der Waals surface area contributed by atoms with Gasteiger partial charge in [0, 0.05) is 45.8 Å². The molecule has 8 heteroatoms. The van der Waals surface area contributed by atoms with E-state index in [1.54, 1.807) is 11.1 Å². The maximum atomic E-state index is 12.9. The summed E-state index contributed by atoms with van der Waals surface area (Å²) in [4.78, 5) is 38.2. The Labute approximate surface area is 169 Å². The van der Waals surface area contributed by atoms with Gasteiger partial charge in [0.2, 0.25) is 0 Å². The van der Waals surface area contributed by atoms with Crippen LogP contribution in [0.2, 0.25) is 0 Å². The fourth-order valence-electron chi connectivity index (χ4n) is 3.55. The van der Waals surface area contributed by atoms with Gasteiger partial charge < -0.3 is 14.7 Å². The molecule has 2 fully saturated rings. The van der Waals surface area contributed by atoms with E-state index in [1.807, 2.05) is 21.9 Å². The molecule has 0 bridgehead atoms. The van der Waals surface area contributed by atoms with E-state index < -0.39 is 0 Å². The summed E-state index contributed by atoms with van der Waals surface area (Å²) < 4.78 is 0. The number of benzene rings is 1. The number of thiazole rings is 1. The van der Waals surface area contributed by atoms with E-state index in [9.17, 15) is 9.59 Å². The Kier molecular flexibility index (Phi) is 5.32. The lowest BCUT2D eigenvalue weighted by Gasteiger charge is -2.32. The molecule has 0 spiro atoms. The number of carbonyl (C=O) groups is 2. The second-order valence-electron chi connectivity index (χ2n) is 7.38. The van der Waals surface area contributed by atoms with Crippen LogP contribution in [-0.2, 0) is 6.54 Å². The van der Waals surface area contributed by atoms with Crippen molar-refractivity contribution in [1.82, 2.24) is 19.7 Å². The van der Waals surface area contributed by atoms with Gasteiger partial charge in [0.1, 0.15) is 4.88 Å². The van der Waals surface area contributed by atoms with Crippen LogP contribution in [0.25, 0.3) is 0 Å². The Morgan fingerprint density at radius 1 is 1.11 bits per heavy atom. The van der Waals surface area contributed by atoms with E-state index in [2.05, 4.69) is 36.0 Å². The number of aryl methyl sites for hydroxylation is 1. The van der Waals surface area contributed by atoms with Gasteiger partial charge in [0.05, 0.1) is 6.20 Å². The second-order valence-corrected chi connectivity index (χ2v) is 8.39. The minimum atomic E-state index is -0.0452. The molecule has 4 rings (SSSR count). The topological polar surface area (TPSA) is 60.0 Å². The van der Waals surface area contributed by atoms with Gasteiger partial charge in [-0.2, -0.15) is 0 Å². The fraction of sp³-hybridized carbons (Fsp3) is 0.450. The van der Waals surface area contributed by atoms with Gasteiger partial charge in [0.15, 0.2) is 5.13 Å². The van der Waals surface area contributed by atoms with E-state index in [-0.39, 0.29) is 11.9 Å². The predicted molar refractivity (Wildman–Crippen MR) is 110 cm³/mol. The van der Waals surface area contributed by atoms with Crippen LogP contribution in [0.1, 0.15) is 20.8 Å². The maximum absolute atomic E-state index is 12.9. The highest BCUT2D eigenvalue weighted by Gasteiger charge is 2.32. The first-order valence-electron chi connectivity index (χ1n) is 9.57. The first kappa shape index (κ1) is 18.9. The van der Waals surface area contributed by atoms with Crippen LogP contribution in [0.5, 0.6) is 0 Å². The first-order chi connectivity index (χ1) is 13.5. The molecule has 7 nitrogen and oxygen atoms in total. The highest BCUT2D eigenvalue weighted by Crippen LogP contribution is 2.28. The van der Waals surface area contributed by atoms with E-state index >= 15 is 0 Å². The average molecular weight is 400 g/mol. The number of urea groups is 1. The highest BCUT2D eigenvalue weighted by atomic mass is 32.1. The monoisotopic (exact) mass is 399 g/mol. The van der Waals surface area contributed by atoms with Crippen molar-refractivity contribution in [2.24, 2.45) is 0 Å². The van der Waals surface area contributed by atoms with E-state index in [4.69, 9.17) is 0 Å². The zero-order chi connectivity index (χ0) is 19.7. The molecule has 0 N–H and O–H groups in total. The normalized spacial score (nSPS) is 18.2. The second kappa shape index (κ2) is 7.89. The van der Waals surface area contributed by atoms with E-state index in [1.165, 1.54) is 16.9 Å². The number of hydrogen-bond donors (Lipinski definition) is 0. The van der Waals surface area contributed by atoms with Gasteiger partial charge in [-0.25, -0.2) is 9.78 Å². The Balaban J connectivity index is 1.42. The van der Waals surface area contributed by atoms with Crippen molar-refractivity contribution in [3.05, 3.63) is 46.5 Å². The van der Waals surface area contributed by atoms with Crippen LogP contribution in [-0.4, -0.2) is 77.9 Å². The van der Waals surface area contributed by atoms with Crippen molar-refractivity contribution in [3.8, 4) is 0 Å². The van der Waals surface area contributed by atoms with Gasteiger partial charge >= 0.3 is 6.03 Å². The number of aromatic nitrogens is 1. The largest absolute Gasteiger partial charge is 0.335 e. The molecule has 2 aromatic rings. The predicted octanol–water partition coefficient (Wildman–Crippen LogP) is 2.28. The molecule has 0 saturated carbocycles. The fourth-order valence-corrected chi connectivity index (χ4v) is 4.46. The Morgan fingerprint density at radius 2 is 1.86 bits per heavy atom. The maximum Gasteiger partial charge on any atom is 0.326 e. The van der Waals surface area contributed by atoms with Crippen molar-refractivity contribution in [2.75, 3.05) is 51.2 Å². The van der Waals surface area contributed by atoms with Crippen molar-refractivity contribution >= 4 is 28.4 Å². The lowest BCUT2D eigenvalue weighted by molar-refractivity contribution is 0.0668. The average Bonchev–Trinajstić information content (AvgIpc) is 3.31. The molecule has 0 atom stereocenters. The molecule has 2 saturated heterocycles. The summed E-state index contributed by atoms with van der Waals surface area (Å²) in [6, 6.07) is 8.08. The van der Waals surface area contributed by atoms with Gasteiger partial charge in [-0.15, -0.1) is 0 Å². The number of piperazine rings is 1. The Bertz CT molecular complexity index is 875. The number of amides is 3. The number of nitrogens with zero attached hydrogens (tertiary/aromatic N) is 5. The lowest BCUT2D eigenvalue weighted by Crippen LogP contribution is -2.46. The number of anilines is 1. The van der Waals surface area contributed by atoms with Crippen LogP contribution in [0.3, 0.4) is 0 Å². The number of hydrogen-bond acceptors (Lipinski definition) is 5. The van der Waals surface area contributed by atoms with Crippen LogP contribution in [0, 0.1) is 6.92 Å². The molecule has 2 aliphatic heterocycles. The van der Waals surface area contributed by atoms with Gasteiger partial charge in [-0.1, -0.05) is 35.6 Å². The number of carbonyl (C=O) groups excluding carboxylic acids is 2. The minimum Gasteiger partial charge on any atom is -0.335 e. The molecule has 28 heavy (non-hydrogen) atoms. The van der Waals surface area contributed by atoms with Crippen molar-refractivity contribution in [1.29, 1.82) is 0 Å². The molecule has 0 radical (unpaired) electrons. The molecule has 0 unspecified atom stereocenters. The summed E-state index contributed by atoms with van der Waals surface area (Å²) >= 11 is 1.31. The van der Waals surface area contributed by atoms with E-state index in [0.29, 0.717) is 29.6 Å². The van der Waals surface area contributed by atoms with Gasteiger partial charge in [-0.05, 0) is 25.1 Å². The number of rotatable bonds is 4. The van der Waals surface area contributed by atoms with Gasteiger partial charge in [-0.3, -0.25) is 9.69 Å². The summed E-state index contributed by atoms with van der Waals surface area (Å²) in [5.41, 5.74) is 2.34. The molecule has 3 heterocycles. The van der Waals surface area contributed by atoms with Crippen molar-refractivity contribution < 1.29 is 9.59 Å². The molecule has 1 aromatic carbocycles. The SMILES string of the molecule is Cc1ccccc1CN1CCN(c2ncc(C(=O)N3CCN(C)CC3)s2)C1=O. The molecular weight excluding hydrogens is 374 g/mol. The highest BCUT2D eigenvalue weighted by molar-refractivity contribution is 7.17. The van der Waals surface area contributed by atoms with Crippen LogP contribution >= 0.6 is 11.3 Å². The minimum absolute atomic E-state index is 0.0141. The molecular formula is C20H25N5O2S. The van der Waals surface area contributed by atoms with Crippen molar-refractivity contribution in [2.45, 2.75) is 13.5 Å². The third kappa shape index (κ3) is 3.74. The number of likely N-dealkylation sites (N-methyl/N-ethyl adjacent to an activating group) is 1. The zero-order valence-electron chi connectivity index (χ0n) is 16.3. The Hall–Kier alpha value is -2.45. The third-order valence-electron chi connectivity index (χ3n) is 5.44. The molecule has 1 aromatic heterocycles. The lowest BCUT2D eigenvalue weighted by atomic mass is 10.1. The molecule has 3 amide bonds. The smallest absolute Gasteiger partial charge is 0.326 e.